The zero-order valence-electron chi connectivity index (χ0n) is 14.3. The molecule has 2 amide bonds. The summed E-state index contributed by atoms with van der Waals surface area (Å²) in [5.41, 5.74) is 1.77. The highest BCUT2D eigenvalue weighted by atomic mass is 16.5. The van der Waals surface area contributed by atoms with Crippen molar-refractivity contribution in [2.24, 2.45) is 0 Å². The Labute approximate surface area is 141 Å². The van der Waals surface area contributed by atoms with E-state index < -0.39 is 0 Å². The summed E-state index contributed by atoms with van der Waals surface area (Å²) in [6.07, 6.45) is 1.78. The molecule has 24 heavy (non-hydrogen) atoms. The third-order valence-corrected chi connectivity index (χ3v) is 4.76. The molecule has 2 aromatic rings. The Balaban J connectivity index is 1.79. The SMILES string of the molecule is COc1ccc2oc(C(C)NC(=O)N3CCCC3CO)c(C)c2c1. The number of aryl methyl sites for hydroxylation is 1. The van der Waals surface area contributed by atoms with Gasteiger partial charge >= 0.3 is 6.03 Å². The van der Waals surface area contributed by atoms with E-state index >= 15 is 0 Å². The number of nitrogens with zero attached hydrogens (tertiary/aromatic N) is 1. The quantitative estimate of drug-likeness (QED) is 0.902. The lowest BCUT2D eigenvalue weighted by Gasteiger charge is -2.25. The van der Waals surface area contributed by atoms with E-state index in [9.17, 15) is 9.90 Å². The number of hydrogen-bond donors (Lipinski definition) is 2. The lowest BCUT2D eigenvalue weighted by Crippen LogP contribution is -2.44. The molecule has 6 heteroatoms. The van der Waals surface area contributed by atoms with Crippen LogP contribution in [0.5, 0.6) is 5.75 Å². The third kappa shape index (κ3) is 2.94. The summed E-state index contributed by atoms with van der Waals surface area (Å²) in [7, 11) is 1.63. The van der Waals surface area contributed by atoms with Crippen LogP contribution in [0.25, 0.3) is 11.0 Å². The second kappa shape index (κ2) is 6.73. The number of furan rings is 1. The minimum atomic E-state index is -0.254. The summed E-state index contributed by atoms with van der Waals surface area (Å²) in [5.74, 6) is 1.52. The predicted molar refractivity (Wildman–Crippen MR) is 91.3 cm³/mol. The highest BCUT2D eigenvalue weighted by Gasteiger charge is 2.29. The molecule has 1 aliphatic heterocycles. The lowest BCUT2D eigenvalue weighted by atomic mass is 10.1. The van der Waals surface area contributed by atoms with Crippen LogP contribution in [0.2, 0.25) is 0 Å². The zero-order chi connectivity index (χ0) is 17.3. The van der Waals surface area contributed by atoms with Crippen LogP contribution in [0, 0.1) is 6.92 Å². The molecule has 0 spiro atoms. The fraction of sp³-hybridized carbons (Fsp3) is 0.500. The molecule has 0 bridgehead atoms. The number of nitrogens with one attached hydrogen (secondary N) is 1. The van der Waals surface area contributed by atoms with Gasteiger partial charge in [-0.25, -0.2) is 4.79 Å². The summed E-state index contributed by atoms with van der Waals surface area (Å²) in [5, 5.41) is 13.3. The van der Waals surface area contributed by atoms with Crippen LogP contribution in [-0.2, 0) is 0 Å². The first kappa shape index (κ1) is 16.6. The lowest BCUT2D eigenvalue weighted by molar-refractivity contribution is 0.154. The maximum atomic E-state index is 12.5. The normalized spacial score (nSPS) is 18.8. The first-order chi connectivity index (χ1) is 11.5. The monoisotopic (exact) mass is 332 g/mol. The van der Waals surface area contributed by atoms with Gasteiger partial charge in [0.25, 0.3) is 0 Å². The topological polar surface area (TPSA) is 74.9 Å². The number of amides is 2. The molecule has 1 fully saturated rings. The molecule has 6 nitrogen and oxygen atoms in total. The standard InChI is InChI=1S/C18H24N2O4/c1-11-15-9-14(23-3)6-7-16(15)24-17(11)12(2)19-18(22)20-8-4-5-13(20)10-21/h6-7,9,12-13,21H,4-5,8,10H2,1-3H3,(H,19,22). The number of urea groups is 1. The molecule has 1 aliphatic rings. The third-order valence-electron chi connectivity index (χ3n) is 4.76. The van der Waals surface area contributed by atoms with Gasteiger partial charge in [0, 0.05) is 17.5 Å². The molecule has 1 aromatic heterocycles. The molecule has 2 unspecified atom stereocenters. The van der Waals surface area contributed by atoms with Gasteiger partial charge in [0.2, 0.25) is 0 Å². The Morgan fingerprint density at radius 2 is 2.33 bits per heavy atom. The summed E-state index contributed by atoms with van der Waals surface area (Å²) in [6, 6.07) is 5.18. The van der Waals surface area contributed by atoms with Gasteiger partial charge in [-0.05, 0) is 44.9 Å². The van der Waals surface area contributed by atoms with E-state index in [0.29, 0.717) is 6.54 Å². The molecule has 2 heterocycles. The van der Waals surface area contributed by atoms with Gasteiger partial charge in [0.05, 0.1) is 25.8 Å². The number of fused-ring (bicyclic) bond motifs is 1. The molecule has 0 aliphatic carbocycles. The maximum Gasteiger partial charge on any atom is 0.318 e. The number of carbonyl (C=O) groups excluding carboxylic acids is 1. The van der Waals surface area contributed by atoms with Gasteiger partial charge in [-0.1, -0.05) is 0 Å². The van der Waals surface area contributed by atoms with E-state index in [4.69, 9.17) is 9.15 Å². The number of methoxy groups -OCH3 is 1. The minimum absolute atomic E-state index is 0.00522. The molecule has 2 N–H and O–H groups in total. The van der Waals surface area contributed by atoms with Crippen LogP contribution in [0.4, 0.5) is 4.79 Å². The number of benzene rings is 1. The van der Waals surface area contributed by atoms with Crippen molar-refractivity contribution in [3.8, 4) is 5.75 Å². The van der Waals surface area contributed by atoms with Crippen LogP contribution in [-0.4, -0.2) is 42.3 Å². The number of aliphatic hydroxyl groups is 1. The highest BCUT2D eigenvalue weighted by molar-refractivity contribution is 5.84. The number of ether oxygens (including phenoxy) is 1. The summed E-state index contributed by atoms with van der Waals surface area (Å²) >= 11 is 0. The van der Waals surface area contributed by atoms with Crippen molar-refractivity contribution in [3.05, 3.63) is 29.5 Å². The van der Waals surface area contributed by atoms with Crippen molar-refractivity contribution in [2.75, 3.05) is 20.3 Å². The van der Waals surface area contributed by atoms with E-state index in [2.05, 4.69) is 5.32 Å². The van der Waals surface area contributed by atoms with Gasteiger partial charge in [0.1, 0.15) is 17.1 Å². The summed E-state index contributed by atoms with van der Waals surface area (Å²) < 4.78 is 11.2. The van der Waals surface area contributed by atoms with Crippen LogP contribution in [0.3, 0.4) is 0 Å². The van der Waals surface area contributed by atoms with Crippen molar-refractivity contribution in [1.82, 2.24) is 10.2 Å². The molecule has 0 radical (unpaired) electrons. The smallest absolute Gasteiger partial charge is 0.318 e. The summed E-state index contributed by atoms with van der Waals surface area (Å²) in [6.45, 7) is 4.57. The largest absolute Gasteiger partial charge is 0.497 e. The van der Waals surface area contributed by atoms with E-state index in [0.717, 1.165) is 40.9 Å². The van der Waals surface area contributed by atoms with E-state index in [1.54, 1.807) is 12.0 Å². The minimum Gasteiger partial charge on any atom is -0.497 e. The fourth-order valence-electron chi connectivity index (χ4n) is 3.39. The van der Waals surface area contributed by atoms with E-state index in [-0.39, 0.29) is 24.7 Å². The van der Waals surface area contributed by atoms with Crippen molar-refractivity contribution >= 4 is 17.0 Å². The van der Waals surface area contributed by atoms with Gasteiger partial charge in [-0.15, -0.1) is 0 Å². The van der Waals surface area contributed by atoms with Crippen molar-refractivity contribution in [2.45, 2.75) is 38.8 Å². The van der Waals surface area contributed by atoms with Crippen LogP contribution in [0.1, 0.15) is 37.1 Å². The molecule has 1 aromatic carbocycles. The molecule has 3 rings (SSSR count). The van der Waals surface area contributed by atoms with Crippen LogP contribution < -0.4 is 10.1 Å². The Kier molecular flexibility index (Phi) is 4.66. The zero-order valence-corrected chi connectivity index (χ0v) is 14.3. The van der Waals surface area contributed by atoms with Gasteiger partial charge in [-0.2, -0.15) is 0 Å². The first-order valence-corrected chi connectivity index (χ1v) is 8.30. The second-order valence-electron chi connectivity index (χ2n) is 6.30. The molecule has 1 saturated heterocycles. The fourth-order valence-corrected chi connectivity index (χ4v) is 3.39. The number of hydrogen-bond acceptors (Lipinski definition) is 4. The second-order valence-corrected chi connectivity index (χ2v) is 6.30. The number of carbonyl (C=O) groups is 1. The maximum absolute atomic E-state index is 12.5. The molecule has 2 atom stereocenters. The Hall–Kier alpha value is -2.21. The Morgan fingerprint density at radius 3 is 3.04 bits per heavy atom. The van der Waals surface area contributed by atoms with E-state index in [1.165, 1.54) is 0 Å². The number of aliphatic hydroxyl groups excluding tert-OH is 1. The predicted octanol–water partition coefficient (Wildman–Crippen LogP) is 2.98. The van der Waals surface area contributed by atoms with Crippen molar-refractivity contribution < 1.29 is 19.1 Å². The van der Waals surface area contributed by atoms with E-state index in [1.807, 2.05) is 32.0 Å². The molecular weight excluding hydrogens is 308 g/mol. The van der Waals surface area contributed by atoms with Crippen LogP contribution in [0.15, 0.2) is 22.6 Å². The van der Waals surface area contributed by atoms with Gasteiger partial charge < -0.3 is 24.5 Å². The first-order valence-electron chi connectivity index (χ1n) is 8.30. The van der Waals surface area contributed by atoms with Gasteiger partial charge in [0.15, 0.2) is 0 Å². The molecule has 0 saturated carbocycles. The molecular formula is C18H24N2O4. The van der Waals surface area contributed by atoms with Gasteiger partial charge in [-0.3, -0.25) is 0 Å². The summed E-state index contributed by atoms with van der Waals surface area (Å²) in [4.78, 5) is 14.2. The Bertz CT molecular complexity index is 740. The number of likely N-dealkylation sites (tertiary alicyclic amines) is 1. The van der Waals surface area contributed by atoms with Crippen molar-refractivity contribution in [1.29, 1.82) is 0 Å². The molecule has 130 valence electrons. The Morgan fingerprint density at radius 1 is 1.54 bits per heavy atom. The van der Waals surface area contributed by atoms with Crippen molar-refractivity contribution in [3.63, 3.8) is 0 Å². The average Bonchev–Trinajstić information content (AvgIpc) is 3.19. The highest BCUT2D eigenvalue weighted by Crippen LogP contribution is 2.32. The number of rotatable bonds is 4. The average molecular weight is 332 g/mol. The van der Waals surface area contributed by atoms with Crippen LogP contribution >= 0.6 is 0 Å².